The predicted octanol–water partition coefficient (Wildman–Crippen LogP) is 3.70. The molecule has 0 unspecified atom stereocenters. The van der Waals surface area contributed by atoms with E-state index < -0.39 is 0 Å². The number of carbonyl (C=O) groups excluding carboxylic acids is 1. The van der Waals surface area contributed by atoms with Gasteiger partial charge in [0.1, 0.15) is 11.5 Å². The Morgan fingerprint density at radius 3 is 2.38 bits per heavy atom. The Balaban J connectivity index is 1.57. The zero-order chi connectivity index (χ0) is 18.4. The summed E-state index contributed by atoms with van der Waals surface area (Å²) in [6.07, 6.45) is 3.11. The summed E-state index contributed by atoms with van der Waals surface area (Å²) in [5, 5.41) is 3.49. The number of rotatable bonds is 6. The fraction of sp³-hybridized carbons (Fsp3) is 0.150. The second kappa shape index (κ2) is 8.45. The van der Waals surface area contributed by atoms with E-state index in [4.69, 9.17) is 11.6 Å². The molecule has 0 fully saturated rings. The van der Waals surface area contributed by atoms with Gasteiger partial charge in [-0.05, 0) is 23.3 Å². The highest BCUT2D eigenvalue weighted by molar-refractivity contribution is 6.30. The Morgan fingerprint density at radius 1 is 1.00 bits per heavy atom. The van der Waals surface area contributed by atoms with Gasteiger partial charge in [-0.2, -0.15) is 0 Å². The molecule has 0 saturated heterocycles. The normalized spacial score (nSPS) is 10.4. The van der Waals surface area contributed by atoms with Crippen molar-refractivity contribution in [3.63, 3.8) is 0 Å². The highest BCUT2D eigenvalue weighted by Crippen LogP contribution is 2.12. The molecular weight excluding hydrogens is 348 g/mol. The molecule has 1 amide bonds. The fourth-order valence-electron chi connectivity index (χ4n) is 2.45. The quantitative estimate of drug-likeness (QED) is 0.722. The summed E-state index contributed by atoms with van der Waals surface area (Å²) < 4.78 is 0. The van der Waals surface area contributed by atoms with Crippen molar-refractivity contribution >= 4 is 23.3 Å². The fourth-order valence-corrected chi connectivity index (χ4v) is 2.58. The van der Waals surface area contributed by atoms with Gasteiger partial charge in [-0.15, -0.1) is 0 Å². The summed E-state index contributed by atoms with van der Waals surface area (Å²) in [6, 6.07) is 17.4. The molecule has 0 aliphatic rings. The van der Waals surface area contributed by atoms with E-state index >= 15 is 0 Å². The number of carbonyl (C=O) groups is 1. The van der Waals surface area contributed by atoms with Gasteiger partial charge >= 0.3 is 0 Å². The van der Waals surface area contributed by atoms with E-state index in [2.05, 4.69) is 27.4 Å². The second-order valence-corrected chi connectivity index (χ2v) is 6.35. The minimum absolute atomic E-state index is 0.260. The van der Waals surface area contributed by atoms with Crippen LogP contribution in [0.1, 0.15) is 21.6 Å². The summed E-state index contributed by atoms with van der Waals surface area (Å²) >= 11 is 5.85. The maximum absolute atomic E-state index is 12.2. The molecule has 1 heterocycles. The zero-order valence-electron chi connectivity index (χ0n) is 14.4. The summed E-state index contributed by atoms with van der Waals surface area (Å²) in [6.45, 7) is 1.13. The molecule has 6 heteroatoms. The number of hydrogen-bond acceptors (Lipinski definition) is 4. The third kappa shape index (κ3) is 4.80. The van der Waals surface area contributed by atoms with Crippen LogP contribution >= 0.6 is 11.6 Å². The first-order valence-corrected chi connectivity index (χ1v) is 8.59. The highest BCUT2D eigenvalue weighted by atomic mass is 35.5. The van der Waals surface area contributed by atoms with E-state index in [1.165, 1.54) is 11.8 Å². The predicted molar refractivity (Wildman–Crippen MR) is 103 cm³/mol. The Hall–Kier alpha value is -2.92. The lowest BCUT2D eigenvalue weighted by Gasteiger charge is -2.17. The summed E-state index contributed by atoms with van der Waals surface area (Å²) in [5.41, 5.74) is 2.44. The van der Waals surface area contributed by atoms with Crippen molar-refractivity contribution in [1.82, 2.24) is 15.3 Å². The van der Waals surface area contributed by atoms with Crippen LogP contribution < -0.4 is 10.2 Å². The molecule has 0 radical (unpaired) electrons. The summed E-state index contributed by atoms with van der Waals surface area (Å²) in [7, 11) is 1.94. The largest absolute Gasteiger partial charge is 0.354 e. The average molecular weight is 367 g/mol. The minimum atomic E-state index is -0.260. The van der Waals surface area contributed by atoms with Gasteiger partial charge in [-0.3, -0.25) is 4.79 Å². The smallest absolute Gasteiger partial charge is 0.271 e. The zero-order valence-corrected chi connectivity index (χ0v) is 15.1. The number of anilines is 1. The van der Waals surface area contributed by atoms with E-state index in [1.807, 2.05) is 42.3 Å². The standard InChI is InChI=1S/C20H19ClN4O/c1-25(14-16-5-3-2-4-6-16)19-13-22-18(12-23-19)20(26)24-11-15-7-9-17(21)10-8-15/h2-10,12-13H,11,14H2,1H3,(H,24,26). The van der Waals surface area contributed by atoms with E-state index in [9.17, 15) is 4.79 Å². The minimum Gasteiger partial charge on any atom is -0.354 e. The van der Waals surface area contributed by atoms with Gasteiger partial charge in [0.25, 0.3) is 5.91 Å². The SMILES string of the molecule is CN(Cc1ccccc1)c1cnc(C(=O)NCc2ccc(Cl)cc2)cn1. The van der Waals surface area contributed by atoms with Crippen LogP contribution in [0.5, 0.6) is 0 Å². The Morgan fingerprint density at radius 2 is 1.73 bits per heavy atom. The van der Waals surface area contributed by atoms with Gasteiger partial charge in [0.05, 0.1) is 12.4 Å². The van der Waals surface area contributed by atoms with Crippen molar-refractivity contribution in [3.8, 4) is 0 Å². The van der Waals surface area contributed by atoms with Crippen molar-refractivity contribution in [3.05, 3.63) is 88.8 Å². The van der Waals surface area contributed by atoms with E-state index in [0.717, 1.165) is 12.1 Å². The van der Waals surface area contributed by atoms with Crippen LogP contribution in [-0.4, -0.2) is 22.9 Å². The van der Waals surface area contributed by atoms with Gasteiger partial charge in [-0.25, -0.2) is 9.97 Å². The number of nitrogens with zero attached hydrogens (tertiary/aromatic N) is 3. The molecule has 0 saturated carbocycles. The van der Waals surface area contributed by atoms with Crippen LogP contribution in [0.4, 0.5) is 5.82 Å². The Bertz CT molecular complexity index is 851. The summed E-state index contributed by atoms with van der Waals surface area (Å²) in [5.74, 6) is 0.452. The van der Waals surface area contributed by atoms with Gasteiger partial charge in [0.15, 0.2) is 0 Å². The molecule has 1 N–H and O–H groups in total. The first-order valence-electron chi connectivity index (χ1n) is 8.21. The molecule has 0 bridgehead atoms. The second-order valence-electron chi connectivity index (χ2n) is 5.91. The number of amides is 1. The first kappa shape index (κ1) is 17.9. The first-order chi connectivity index (χ1) is 12.6. The van der Waals surface area contributed by atoms with Gasteiger partial charge in [-0.1, -0.05) is 54.1 Å². The van der Waals surface area contributed by atoms with Crippen molar-refractivity contribution in [1.29, 1.82) is 0 Å². The molecule has 3 rings (SSSR count). The number of hydrogen-bond donors (Lipinski definition) is 1. The molecule has 3 aromatic rings. The van der Waals surface area contributed by atoms with Crippen LogP contribution in [0.25, 0.3) is 0 Å². The number of benzene rings is 2. The lowest BCUT2D eigenvalue weighted by molar-refractivity contribution is 0.0945. The van der Waals surface area contributed by atoms with Crippen LogP contribution in [0.15, 0.2) is 67.0 Å². The maximum Gasteiger partial charge on any atom is 0.271 e. The van der Waals surface area contributed by atoms with Crippen LogP contribution in [0, 0.1) is 0 Å². The van der Waals surface area contributed by atoms with Crippen molar-refractivity contribution in [2.45, 2.75) is 13.1 Å². The highest BCUT2D eigenvalue weighted by Gasteiger charge is 2.10. The van der Waals surface area contributed by atoms with Gasteiger partial charge in [0.2, 0.25) is 0 Å². The topological polar surface area (TPSA) is 58.1 Å². The molecular formula is C20H19ClN4O. The molecule has 2 aromatic carbocycles. The van der Waals surface area contributed by atoms with Crippen LogP contribution in [0.2, 0.25) is 5.02 Å². The van der Waals surface area contributed by atoms with E-state index in [0.29, 0.717) is 17.4 Å². The lowest BCUT2D eigenvalue weighted by Crippen LogP contribution is -2.24. The average Bonchev–Trinajstić information content (AvgIpc) is 2.68. The molecule has 0 aliphatic carbocycles. The van der Waals surface area contributed by atoms with E-state index in [1.54, 1.807) is 18.3 Å². The molecule has 0 atom stereocenters. The van der Waals surface area contributed by atoms with Crippen molar-refractivity contribution in [2.75, 3.05) is 11.9 Å². The molecule has 0 spiro atoms. The molecule has 5 nitrogen and oxygen atoms in total. The number of halogens is 1. The number of nitrogens with one attached hydrogen (secondary N) is 1. The third-order valence-electron chi connectivity index (χ3n) is 3.89. The lowest BCUT2D eigenvalue weighted by atomic mass is 10.2. The van der Waals surface area contributed by atoms with Gasteiger partial charge < -0.3 is 10.2 Å². The van der Waals surface area contributed by atoms with Crippen LogP contribution in [0.3, 0.4) is 0 Å². The monoisotopic (exact) mass is 366 g/mol. The maximum atomic E-state index is 12.2. The van der Waals surface area contributed by atoms with Crippen molar-refractivity contribution in [2.24, 2.45) is 0 Å². The molecule has 0 aliphatic heterocycles. The third-order valence-corrected chi connectivity index (χ3v) is 4.14. The molecule has 1 aromatic heterocycles. The number of aromatic nitrogens is 2. The molecule has 26 heavy (non-hydrogen) atoms. The van der Waals surface area contributed by atoms with Crippen LogP contribution in [-0.2, 0) is 13.1 Å². The van der Waals surface area contributed by atoms with Crippen molar-refractivity contribution < 1.29 is 4.79 Å². The Labute approximate surface area is 157 Å². The Kier molecular flexibility index (Phi) is 5.81. The van der Waals surface area contributed by atoms with E-state index in [-0.39, 0.29) is 11.6 Å². The van der Waals surface area contributed by atoms with Gasteiger partial charge in [0, 0.05) is 25.2 Å². The summed E-state index contributed by atoms with van der Waals surface area (Å²) in [4.78, 5) is 22.8. The molecule has 132 valence electrons.